The molecule has 312 valence electrons. The van der Waals surface area contributed by atoms with E-state index in [-0.39, 0.29) is 112 Å². The van der Waals surface area contributed by atoms with Crippen molar-refractivity contribution in [3.05, 3.63) is 47.1 Å². The lowest BCUT2D eigenvalue weighted by Gasteiger charge is -2.31. The topological polar surface area (TPSA) is 217 Å². The second kappa shape index (κ2) is 15.6. The number of amides is 2. The number of aliphatic hydroxyl groups is 1. The van der Waals surface area contributed by atoms with Crippen molar-refractivity contribution in [2.24, 2.45) is 0 Å². The molecule has 8 rings (SSSR count). The smallest absolute Gasteiger partial charge is 0.359 e. The predicted octanol–water partition coefficient (Wildman–Crippen LogP) is 1.90. The van der Waals surface area contributed by atoms with E-state index in [4.69, 9.17) is 9.47 Å². The largest absolute Gasteiger partial charge is 0.461 e. The van der Waals surface area contributed by atoms with E-state index in [1.54, 1.807) is 16.7 Å². The van der Waals surface area contributed by atoms with Gasteiger partial charge in [0.25, 0.3) is 11.8 Å². The Bertz CT molecular complexity index is 2160. The fourth-order valence-corrected chi connectivity index (χ4v) is 13.2. The van der Waals surface area contributed by atoms with Crippen LogP contribution in [-0.4, -0.2) is 141 Å². The molecule has 4 saturated carbocycles. The molecule has 0 bridgehead atoms. The van der Waals surface area contributed by atoms with Gasteiger partial charge < -0.3 is 24.4 Å². The van der Waals surface area contributed by atoms with Crippen molar-refractivity contribution in [2.45, 2.75) is 117 Å². The van der Waals surface area contributed by atoms with Crippen LogP contribution in [0.2, 0.25) is 0 Å². The minimum absolute atomic E-state index is 0.0188. The lowest BCUT2D eigenvalue weighted by Crippen LogP contribution is -2.47. The lowest BCUT2D eigenvalue weighted by atomic mass is 10.0. The molecule has 2 aliphatic heterocycles. The molecule has 17 nitrogen and oxygen atoms in total. The molecular weight excluding hydrogens is 781 g/mol. The summed E-state index contributed by atoms with van der Waals surface area (Å²) in [6.07, 6.45) is 5.77. The Morgan fingerprint density at radius 3 is 1.54 bits per heavy atom. The molecule has 4 aliphatic carbocycles. The highest BCUT2D eigenvalue weighted by molar-refractivity contribution is 7.94. The van der Waals surface area contributed by atoms with Gasteiger partial charge in [-0.05, 0) is 77.6 Å². The minimum atomic E-state index is -3.35. The average molecular weight is 833 g/mol. The van der Waals surface area contributed by atoms with Crippen molar-refractivity contribution < 1.29 is 50.6 Å². The van der Waals surface area contributed by atoms with Crippen LogP contribution >= 0.6 is 0 Å². The minimum Gasteiger partial charge on any atom is -0.461 e. The summed E-state index contributed by atoms with van der Waals surface area (Å²) in [6.45, 7) is 8.46. The number of nitrogens with zero attached hydrogens (tertiary/aromatic N) is 6. The molecular formula is C38H52N6O11S2. The number of rotatable bonds is 18. The number of fused-ring (bicyclic) bond motifs is 2. The highest BCUT2D eigenvalue weighted by atomic mass is 32.2. The molecule has 4 heterocycles. The molecule has 0 atom stereocenters. The first-order valence-corrected chi connectivity index (χ1v) is 23.1. The normalized spacial score (nSPS) is 20.6. The number of aliphatic hydroxyl groups excluding tert-OH is 1. The van der Waals surface area contributed by atoms with E-state index in [1.165, 1.54) is 9.36 Å². The van der Waals surface area contributed by atoms with Crippen molar-refractivity contribution >= 4 is 43.4 Å². The average Bonchev–Trinajstić information content (AvgIpc) is 3.98. The van der Waals surface area contributed by atoms with E-state index in [9.17, 15) is 41.1 Å². The van der Waals surface area contributed by atoms with Gasteiger partial charge >= 0.3 is 11.9 Å². The third-order valence-corrected chi connectivity index (χ3v) is 18.2. The first-order chi connectivity index (χ1) is 27.3. The molecule has 2 amide bonds. The van der Waals surface area contributed by atoms with Gasteiger partial charge in [0.2, 0.25) is 0 Å². The van der Waals surface area contributed by atoms with Crippen molar-refractivity contribution in [2.75, 3.05) is 46.0 Å². The Morgan fingerprint density at radius 2 is 1.16 bits per heavy atom. The van der Waals surface area contributed by atoms with Gasteiger partial charge in [-0.2, -0.15) is 10.2 Å². The van der Waals surface area contributed by atoms with Crippen LogP contribution in [0.25, 0.3) is 0 Å². The molecule has 2 aromatic rings. The zero-order chi connectivity index (χ0) is 40.9. The van der Waals surface area contributed by atoms with E-state index in [2.05, 4.69) is 23.4 Å². The summed E-state index contributed by atoms with van der Waals surface area (Å²) in [6, 6.07) is 0. The van der Waals surface area contributed by atoms with Crippen molar-refractivity contribution in [1.29, 1.82) is 0 Å². The lowest BCUT2D eigenvalue weighted by molar-refractivity contribution is 0.0482. The molecule has 0 radical (unpaired) electrons. The number of esters is 2. The Balaban J connectivity index is 0.00000244. The molecule has 1 N–H and O–H groups in total. The van der Waals surface area contributed by atoms with Crippen LogP contribution in [0.4, 0.5) is 0 Å². The van der Waals surface area contributed by atoms with Gasteiger partial charge in [-0.3, -0.25) is 19.0 Å². The number of carbonyl (C=O) groups is 4. The van der Waals surface area contributed by atoms with Gasteiger partial charge in [-0.15, -0.1) is 13.2 Å². The molecule has 4 fully saturated rings. The van der Waals surface area contributed by atoms with Crippen molar-refractivity contribution in [1.82, 2.24) is 29.4 Å². The summed E-state index contributed by atoms with van der Waals surface area (Å²) < 4.78 is 64.6. The molecule has 0 spiro atoms. The summed E-state index contributed by atoms with van der Waals surface area (Å²) in [7, 11) is -6.70. The van der Waals surface area contributed by atoms with Crippen LogP contribution in [0.3, 0.4) is 0 Å². The highest BCUT2D eigenvalue weighted by Gasteiger charge is 2.61. The third kappa shape index (κ3) is 7.43. The Labute approximate surface area is 332 Å². The van der Waals surface area contributed by atoms with Gasteiger partial charge in [-0.25, -0.2) is 26.4 Å². The second-order valence-electron chi connectivity index (χ2n) is 15.9. The zero-order valence-electron chi connectivity index (χ0n) is 32.4. The Kier molecular flexibility index (Phi) is 11.2. The first-order valence-electron chi connectivity index (χ1n) is 20.0. The van der Waals surface area contributed by atoms with E-state index in [0.29, 0.717) is 68.9 Å². The SMILES string of the molecule is C=C.CCOC(=O)c1nn(CCCOC(=O)c2nn(CCCO)c3c2CCN(CC2(S(=O)(=O)C4CC4)CC2)C3=O)c2c1CCN(CC1(S(=O)(=O)C3CC3)CC1)C2=O. The van der Waals surface area contributed by atoms with Gasteiger partial charge in [-0.1, -0.05) is 0 Å². The van der Waals surface area contributed by atoms with Gasteiger partial charge in [0.05, 0.1) is 33.2 Å². The summed E-state index contributed by atoms with van der Waals surface area (Å²) in [5, 5.41) is 17.7. The van der Waals surface area contributed by atoms with Crippen molar-refractivity contribution in [3.63, 3.8) is 0 Å². The number of sulfone groups is 2. The molecule has 0 saturated heterocycles. The summed E-state index contributed by atoms with van der Waals surface area (Å²) >= 11 is 0. The standard InChI is InChI=1S/C36H48N6O11S2.C2H4/c1-2-52-33(46)27-25-9-17-40(22-36(13-14-36)55(50,51)24-7-8-24)32(45)30(25)42(37-27)16-4-20-53-34(47)28-26-10-18-39(31(44)29(26)41(38-28)15-3-19-43)21-35(11-12-35)54(48,49)23-5-6-23;1-2/h23-24,43H,2-22H2,1H3;1-2H2. The van der Waals surface area contributed by atoms with Gasteiger partial charge in [0.1, 0.15) is 11.4 Å². The molecule has 0 aromatic carbocycles. The number of aromatic nitrogens is 4. The molecule has 0 unspecified atom stereocenters. The number of hydrogen-bond acceptors (Lipinski definition) is 13. The summed E-state index contributed by atoms with van der Waals surface area (Å²) in [4.78, 5) is 57.2. The van der Waals surface area contributed by atoms with Crippen LogP contribution in [0.1, 0.15) is 124 Å². The number of aryl methyl sites for hydroxylation is 2. The van der Waals surface area contributed by atoms with Gasteiger partial charge in [0, 0.05) is 63.4 Å². The number of hydrogen-bond donors (Lipinski definition) is 1. The monoisotopic (exact) mass is 832 g/mol. The maximum absolute atomic E-state index is 13.9. The highest BCUT2D eigenvalue weighted by Crippen LogP contribution is 2.52. The fourth-order valence-electron chi connectivity index (χ4n) is 8.27. The molecule has 19 heteroatoms. The van der Waals surface area contributed by atoms with Crippen LogP contribution in [0.15, 0.2) is 13.2 Å². The number of carbonyl (C=O) groups excluding carboxylic acids is 4. The Hall–Kier alpha value is -4.10. The van der Waals surface area contributed by atoms with Crippen molar-refractivity contribution in [3.8, 4) is 0 Å². The maximum Gasteiger partial charge on any atom is 0.359 e. The predicted molar refractivity (Wildman–Crippen MR) is 205 cm³/mol. The summed E-state index contributed by atoms with van der Waals surface area (Å²) in [5.41, 5.74) is 1.27. The molecule has 2 aromatic heterocycles. The quantitative estimate of drug-likeness (QED) is 0.129. The van der Waals surface area contributed by atoms with Crippen LogP contribution < -0.4 is 0 Å². The van der Waals surface area contributed by atoms with E-state index >= 15 is 0 Å². The van der Waals surface area contributed by atoms with Crippen LogP contribution in [0.5, 0.6) is 0 Å². The summed E-state index contributed by atoms with van der Waals surface area (Å²) in [5.74, 6) is -2.22. The van der Waals surface area contributed by atoms with Gasteiger partial charge in [0.15, 0.2) is 31.1 Å². The molecule has 57 heavy (non-hydrogen) atoms. The van der Waals surface area contributed by atoms with E-state index in [0.717, 1.165) is 0 Å². The Morgan fingerprint density at radius 1 is 0.737 bits per heavy atom. The second-order valence-corrected chi connectivity index (χ2v) is 21.1. The van der Waals surface area contributed by atoms with Crippen LogP contribution in [0, 0.1) is 0 Å². The third-order valence-electron chi connectivity index (χ3n) is 12.0. The first kappa shape index (κ1) is 41.1. The fraction of sp³-hybridized carbons (Fsp3) is 0.684. The number of ether oxygens (including phenoxy) is 2. The maximum atomic E-state index is 13.9. The van der Waals surface area contributed by atoms with E-state index < -0.39 is 52.9 Å². The van der Waals surface area contributed by atoms with Crippen LogP contribution in [-0.2, 0) is 55.1 Å². The molecule has 6 aliphatic rings. The van der Waals surface area contributed by atoms with E-state index in [1.807, 2.05) is 0 Å². The zero-order valence-corrected chi connectivity index (χ0v) is 34.1.